The van der Waals surface area contributed by atoms with Crippen LogP contribution in [0.25, 0.3) is 49.7 Å². The van der Waals surface area contributed by atoms with Crippen LogP contribution in [0.1, 0.15) is 0 Å². The molecule has 8 aromatic rings. The van der Waals surface area contributed by atoms with Crippen LogP contribution in [0.5, 0.6) is 0 Å². The number of benzene rings is 7. The summed E-state index contributed by atoms with van der Waals surface area (Å²) in [5.41, 5.74) is 11.1. The molecule has 0 atom stereocenters. The van der Waals surface area contributed by atoms with Crippen molar-refractivity contribution in [3.05, 3.63) is 182 Å². The molecule has 2 nitrogen and oxygen atoms in total. The fourth-order valence-electron chi connectivity index (χ4n) is 6.28. The van der Waals surface area contributed by atoms with E-state index in [9.17, 15) is 4.39 Å². The zero-order chi connectivity index (χ0) is 30.2. The molecule has 0 saturated heterocycles. The average molecular weight is 581 g/mol. The summed E-state index contributed by atoms with van der Waals surface area (Å²) in [5, 5.41) is 2.48. The zero-order valence-electron chi connectivity index (χ0n) is 24.5. The number of hydrogen-bond donors (Lipinski definition) is 0. The Morgan fingerprint density at radius 2 is 0.844 bits per heavy atom. The molecule has 0 amide bonds. The highest BCUT2D eigenvalue weighted by Gasteiger charge is 2.15. The van der Waals surface area contributed by atoms with Crippen LogP contribution in [0.2, 0.25) is 0 Å². The van der Waals surface area contributed by atoms with E-state index in [1.165, 1.54) is 39.5 Å². The molecule has 0 aliphatic carbocycles. The molecule has 0 saturated carbocycles. The summed E-state index contributed by atoms with van der Waals surface area (Å²) < 4.78 is 15.8. The molecule has 8 rings (SSSR count). The number of para-hydroxylation sites is 3. The highest BCUT2D eigenvalue weighted by atomic mass is 19.1. The molecule has 0 aliphatic heterocycles. The predicted octanol–water partition coefficient (Wildman–Crippen LogP) is 11.7. The lowest BCUT2D eigenvalue weighted by Gasteiger charge is -2.26. The van der Waals surface area contributed by atoms with Crippen molar-refractivity contribution < 1.29 is 4.39 Å². The van der Waals surface area contributed by atoms with E-state index in [-0.39, 0.29) is 5.82 Å². The third-order valence-corrected chi connectivity index (χ3v) is 8.46. The van der Waals surface area contributed by atoms with Crippen LogP contribution in [0, 0.1) is 5.82 Å². The van der Waals surface area contributed by atoms with Crippen molar-refractivity contribution in [3.63, 3.8) is 0 Å². The predicted molar refractivity (Wildman–Crippen MR) is 186 cm³/mol. The Bertz CT molecular complexity index is 2230. The quantitative estimate of drug-likeness (QED) is 0.190. The van der Waals surface area contributed by atoms with Gasteiger partial charge in [-0.1, -0.05) is 97.1 Å². The molecule has 0 bridgehead atoms. The van der Waals surface area contributed by atoms with Gasteiger partial charge in [0.1, 0.15) is 5.82 Å². The summed E-state index contributed by atoms with van der Waals surface area (Å²) in [7, 11) is 0. The molecule has 214 valence electrons. The maximum atomic E-state index is 13.5. The van der Waals surface area contributed by atoms with Crippen molar-refractivity contribution in [1.29, 1.82) is 0 Å². The fraction of sp³-hybridized carbons (Fsp3) is 0. The van der Waals surface area contributed by atoms with Gasteiger partial charge < -0.3 is 9.47 Å². The van der Waals surface area contributed by atoms with Crippen molar-refractivity contribution in [2.24, 2.45) is 0 Å². The molecule has 0 spiro atoms. The number of hydrogen-bond acceptors (Lipinski definition) is 1. The summed E-state index contributed by atoms with van der Waals surface area (Å²) in [4.78, 5) is 2.26. The Hall–Kier alpha value is -5.93. The topological polar surface area (TPSA) is 8.17 Å². The molecule has 1 aromatic heterocycles. The van der Waals surface area contributed by atoms with E-state index in [0.717, 1.165) is 39.4 Å². The molecular weight excluding hydrogens is 551 g/mol. The summed E-state index contributed by atoms with van der Waals surface area (Å²) in [6, 6.07) is 60.2. The van der Waals surface area contributed by atoms with Gasteiger partial charge in [0.25, 0.3) is 0 Å². The summed E-state index contributed by atoms with van der Waals surface area (Å²) in [5.74, 6) is -0.229. The second-order valence-electron chi connectivity index (χ2n) is 11.2. The lowest BCUT2D eigenvalue weighted by atomic mass is 10.0. The Labute approximate surface area is 261 Å². The largest absolute Gasteiger partial charge is 0.311 e. The highest BCUT2D eigenvalue weighted by molar-refractivity contribution is 6.10. The van der Waals surface area contributed by atoms with E-state index >= 15 is 0 Å². The van der Waals surface area contributed by atoms with Crippen LogP contribution in [0.3, 0.4) is 0 Å². The number of anilines is 3. The van der Waals surface area contributed by atoms with E-state index in [1.54, 1.807) is 0 Å². The molecule has 7 aromatic carbocycles. The minimum absolute atomic E-state index is 0.229. The van der Waals surface area contributed by atoms with Crippen LogP contribution < -0.4 is 4.90 Å². The summed E-state index contributed by atoms with van der Waals surface area (Å²) in [6.07, 6.45) is 0. The summed E-state index contributed by atoms with van der Waals surface area (Å²) in [6.45, 7) is 0. The van der Waals surface area contributed by atoms with Crippen molar-refractivity contribution in [1.82, 2.24) is 4.57 Å². The van der Waals surface area contributed by atoms with E-state index < -0.39 is 0 Å². The number of fused-ring (bicyclic) bond motifs is 3. The molecule has 1 heterocycles. The molecule has 0 aliphatic rings. The van der Waals surface area contributed by atoms with Gasteiger partial charge in [0.2, 0.25) is 0 Å². The molecule has 0 fully saturated rings. The van der Waals surface area contributed by atoms with E-state index in [0.29, 0.717) is 0 Å². The minimum atomic E-state index is -0.229. The first kappa shape index (κ1) is 26.7. The third kappa shape index (κ3) is 4.95. The Morgan fingerprint density at radius 3 is 1.49 bits per heavy atom. The Morgan fingerprint density at radius 1 is 0.378 bits per heavy atom. The molecule has 3 heteroatoms. The van der Waals surface area contributed by atoms with Gasteiger partial charge in [-0.3, -0.25) is 0 Å². The van der Waals surface area contributed by atoms with Gasteiger partial charge in [-0.15, -0.1) is 0 Å². The monoisotopic (exact) mass is 580 g/mol. The second kappa shape index (κ2) is 11.3. The summed E-state index contributed by atoms with van der Waals surface area (Å²) >= 11 is 0. The lowest BCUT2D eigenvalue weighted by Crippen LogP contribution is -2.09. The van der Waals surface area contributed by atoms with Gasteiger partial charge in [0.05, 0.1) is 11.0 Å². The highest BCUT2D eigenvalue weighted by Crippen LogP contribution is 2.38. The Balaban J connectivity index is 1.17. The van der Waals surface area contributed by atoms with Gasteiger partial charge in [0.15, 0.2) is 0 Å². The molecule has 45 heavy (non-hydrogen) atoms. The van der Waals surface area contributed by atoms with E-state index in [4.69, 9.17) is 0 Å². The zero-order valence-corrected chi connectivity index (χ0v) is 24.5. The normalized spacial score (nSPS) is 11.2. The van der Waals surface area contributed by atoms with Crippen LogP contribution in [0.15, 0.2) is 176 Å². The SMILES string of the molecule is Fc1ccc(-c2ccc(N(c3ccccc3)c3ccc(-c4ccc5c(c4)c4ccccc4n5-c4ccccc4)cc3)cc2)cc1. The first-order chi connectivity index (χ1) is 22.2. The van der Waals surface area contributed by atoms with E-state index in [1.807, 2.05) is 18.2 Å². The minimum Gasteiger partial charge on any atom is -0.311 e. The molecular formula is C42H29FN2. The molecule has 0 radical (unpaired) electrons. The standard InChI is InChI=1S/C42H29FN2/c43-34-22-15-30(16-23-34)31-17-24-37(25-18-31)44(35-9-3-1-4-10-35)38-26-19-32(20-27-38)33-21-28-42-40(29-33)39-13-7-8-14-41(39)45(42)36-11-5-2-6-12-36/h1-29H. The van der Waals surface area contributed by atoms with Gasteiger partial charge in [-0.05, 0) is 101 Å². The van der Waals surface area contributed by atoms with Gasteiger partial charge in [-0.25, -0.2) is 4.39 Å². The van der Waals surface area contributed by atoms with Crippen molar-refractivity contribution in [2.45, 2.75) is 0 Å². The van der Waals surface area contributed by atoms with Gasteiger partial charge >= 0.3 is 0 Å². The maximum Gasteiger partial charge on any atom is 0.123 e. The number of halogens is 1. The molecule has 0 N–H and O–H groups in total. The second-order valence-corrected chi connectivity index (χ2v) is 11.2. The van der Waals surface area contributed by atoms with Crippen molar-refractivity contribution in [2.75, 3.05) is 4.90 Å². The third-order valence-electron chi connectivity index (χ3n) is 8.46. The Kier molecular flexibility index (Phi) is 6.69. The van der Waals surface area contributed by atoms with Crippen LogP contribution >= 0.6 is 0 Å². The maximum absolute atomic E-state index is 13.5. The number of aromatic nitrogens is 1. The van der Waals surface area contributed by atoms with Crippen molar-refractivity contribution in [3.8, 4) is 27.9 Å². The first-order valence-corrected chi connectivity index (χ1v) is 15.1. The molecule has 0 unspecified atom stereocenters. The fourth-order valence-corrected chi connectivity index (χ4v) is 6.28. The van der Waals surface area contributed by atoms with Crippen LogP contribution in [0.4, 0.5) is 21.5 Å². The first-order valence-electron chi connectivity index (χ1n) is 15.1. The van der Waals surface area contributed by atoms with Crippen LogP contribution in [-0.4, -0.2) is 4.57 Å². The van der Waals surface area contributed by atoms with Gasteiger partial charge in [-0.2, -0.15) is 0 Å². The lowest BCUT2D eigenvalue weighted by molar-refractivity contribution is 0.628. The van der Waals surface area contributed by atoms with Crippen LogP contribution in [-0.2, 0) is 0 Å². The average Bonchev–Trinajstić information content (AvgIpc) is 3.44. The number of rotatable bonds is 6. The number of nitrogens with zero attached hydrogens (tertiary/aromatic N) is 2. The smallest absolute Gasteiger partial charge is 0.123 e. The van der Waals surface area contributed by atoms with E-state index in [2.05, 4.69) is 155 Å². The van der Waals surface area contributed by atoms with Gasteiger partial charge in [0, 0.05) is 33.5 Å². The van der Waals surface area contributed by atoms with Crippen molar-refractivity contribution >= 4 is 38.9 Å².